The number of hydrogen-bond donors (Lipinski definition) is 0. The minimum absolute atomic E-state index is 0.0237. The Morgan fingerprint density at radius 3 is 2.78 bits per heavy atom. The average Bonchev–Trinajstić information content (AvgIpc) is 2.51. The van der Waals surface area contributed by atoms with Gasteiger partial charge < -0.3 is 4.74 Å². The van der Waals surface area contributed by atoms with Crippen LogP contribution in [-0.2, 0) is 10.3 Å². The van der Waals surface area contributed by atoms with Crippen molar-refractivity contribution in [3.8, 4) is 0 Å². The van der Waals surface area contributed by atoms with Crippen LogP contribution in [0.3, 0.4) is 0 Å². The largest absolute Gasteiger partial charge is 0.449 e. The number of rotatable bonds is 0. The molecule has 3 rings (SSSR count). The van der Waals surface area contributed by atoms with Gasteiger partial charge in [0.15, 0.2) is 5.56 Å². The molecule has 2 aromatic rings. The van der Waals surface area contributed by atoms with Gasteiger partial charge in [0.1, 0.15) is 16.9 Å². The third kappa shape index (κ3) is 1.42. The molecule has 6 heteroatoms. The second kappa shape index (κ2) is 3.41. The van der Waals surface area contributed by atoms with E-state index < -0.39 is 17.1 Å². The maximum absolute atomic E-state index is 12.3. The molecule has 0 saturated carbocycles. The molecular formula is C12H9BrN2O3. The minimum Gasteiger partial charge on any atom is -0.449 e. The van der Waals surface area contributed by atoms with E-state index in [2.05, 4.69) is 20.9 Å². The van der Waals surface area contributed by atoms with E-state index in [0.717, 1.165) is 4.47 Å². The molecule has 0 amide bonds. The third-order valence-corrected chi connectivity index (χ3v) is 3.38. The predicted octanol–water partition coefficient (Wildman–Crippen LogP) is 1.86. The van der Waals surface area contributed by atoms with Crippen molar-refractivity contribution in [1.29, 1.82) is 0 Å². The fourth-order valence-corrected chi connectivity index (χ4v) is 2.40. The van der Waals surface area contributed by atoms with Crippen molar-refractivity contribution < 1.29 is 9.53 Å². The molecule has 0 unspecified atom stereocenters. The first kappa shape index (κ1) is 11.4. The molecule has 92 valence electrons. The molecule has 0 aliphatic carbocycles. The topological polar surface area (TPSA) is 60.7 Å². The van der Waals surface area contributed by atoms with E-state index in [1.807, 2.05) is 0 Å². The van der Waals surface area contributed by atoms with E-state index in [0.29, 0.717) is 11.3 Å². The van der Waals surface area contributed by atoms with Crippen LogP contribution in [0.25, 0.3) is 5.65 Å². The zero-order valence-corrected chi connectivity index (χ0v) is 11.3. The molecule has 3 heterocycles. The maximum Gasteiger partial charge on any atom is 0.346 e. The fourth-order valence-electron chi connectivity index (χ4n) is 2.06. The van der Waals surface area contributed by atoms with Gasteiger partial charge in [0.2, 0.25) is 0 Å². The summed E-state index contributed by atoms with van der Waals surface area (Å²) >= 11 is 3.28. The summed E-state index contributed by atoms with van der Waals surface area (Å²) < 4.78 is 7.25. The highest BCUT2D eigenvalue weighted by molar-refractivity contribution is 9.10. The van der Waals surface area contributed by atoms with Gasteiger partial charge in [-0.15, -0.1) is 0 Å². The van der Waals surface area contributed by atoms with Crippen molar-refractivity contribution in [2.45, 2.75) is 19.4 Å². The number of carbonyl (C=O) groups is 1. The van der Waals surface area contributed by atoms with Crippen molar-refractivity contribution >= 4 is 27.5 Å². The van der Waals surface area contributed by atoms with Crippen LogP contribution in [0.2, 0.25) is 0 Å². The molecule has 1 aliphatic heterocycles. The second-order valence-electron chi connectivity index (χ2n) is 4.62. The third-order valence-electron chi connectivity index (χ3n) is 2.91. The fraction of sp³-hybridized carbons (Fsp3) is 0.250. The van der Waals surface area contributed by atoms with Gasteiger partial charge in [0.05, 0.1) is 0 Å². The molecule has 0 aromatic carbocycles. The number of halogens is 1. The van der Waals surface area contributed by atoms with Crippen LogP contribution >= 0.6 is 15.9 Å². The van der Waals surface area contributed by atoms with Gasteiger partial charge >= 0.3 is 5.97 Å². The maximum atomic E-state index is 12.3. The zero-order valence-electron chi connectivity index (χ0n) is 9.73. The number of carbonyl (C=O) groups excluding carboxylic acids is 1. The summed E-state index contributed by atoms with van der Waals surface area (Å²) in [6, 6.07) is 3.50. The van der Waals surface area contributed by atoms with Crippen LogP contribution in [0.15, 0.2) is 27.6 Å². The van der Waals surface area contributed by atoms with E-state index in [1.54, 1.807) is 32.2 Å². The lowest BCUT2D eigenvalue weighted by Crippen LogP contribution is -2.24. The van der Waals surface area contributed by atoms with E-state index in [4.69, 9.17) is 4.74 Å². The monoisotopic (exact) mass is 308 g/mol. The highest BCUT2D eigenvalue weighted by atomic mass is 79.9. The number of fused-ring (bicyclic) bond motifs is 2. The summed E-state index contributed by atoms with van der Waals surface area (Å²) in [4.78, 5) is 28.4. The number of esters is 1. The van der Waals surface area contributed by atoms with Crippen LogP contribution in [0.1, 0.15) is 29.9 Å². The number of ether oxygens (including phenoxy) is 1. The second-order valence-corrected chi connectivity index (χ2v) is 5.53. The average molecular weight is 309 g/mol. The van der Waals surface area contributed by atoms with Crippen LogP contribution < -0.4 is 5.56 Å². The van der Waals surface area contributed by atoms with Crippen molar-refractivity contribution in [3.05, 3.63) is 44.4 Å². The summed E-state index contributed by atoms with van der Waals surface area (Å²) in [5, 5.41) is 0. The van der Waals surface area contributed by atoms with Crippen LogP contribution in [-0.4, -0.2) is 15.4 Å². The van der Waals surface area contributed by atoms with Crippen LogP contribution in [0.5, 0.6) is 0 Å². The van der Waals surface area contributed by atoms with Gasteiger partial charge in [0, 0.05) is 10.7 Å². The normalized spacial score (nSPS) is 16.7. The Hall–Kier alpha value is -1.69. The molecule has 18 heavy (non-hydrogen) atoms. The molecule has 0 radical (unpaired) electrons. The SMILES string of the molecule is CC1(C)OC(=O)c2c1nc1ccc(Br)cn1c2=O. The van der Waals surface area contributed by atoms with Crippen molar-refractivity contribution in [3.63, 3.8) is 0 Å². The van der Waals surface area contributed by atoms with E-state index in [-0.39, 0.29) is 5.56 Å². The lowest BCUT2D eigenvalue weighted by molar-refractivity contribution is 0.00834. The van der Waals surface area contributed by atoms with Crippen LogP contribution in [0, 0.1) is 0 Å². The highest BCUT2D eigenvalue weighted by Gasteiger charge is 2.42. The van der Waals surface area contributed by atoms with Gasteiger partial charge in [-0.3, -0.25) is 9.20 Å². The van der Waals surface area contributed by atoms with E-state index in [9.17, 15) is 9.59 Å². The highest BCUT2D eigenvalue weighted by Crippen LogP contribution is 2.32. The molecule has 0 bridgehead atoms. The number of aromatic nitrogens is 2. The molecular weight excluding hydrogens is 300 g/mol. The van der Waals surface area contributed by atoms with Crippen molar-refractivity contribution in [2.75, 3.05) is 0 Å². The molecule has 0 fully saturated rings. The zero-order chi connectivity index (χ0) is 13.1. The first-order chi connectivity index (χ1) is 8.40. The summed E-state index contributed by atoms with van der Waals surface area (Å²) in [6.45, 7) is 3.44. The Labute approximate surface area is 111 Å². The smallest absolute Gasteiger partial charge is 0.346 e. The number of cyclic esters (lactones) is 1. The standard InChI is InChI=1S/C12H9BrN2O3/c1-12(2)9-8(11(17)18-12)10(16)15-5-6(13)3-4-7(15)14-9/h3-5H,1-2H3. The Bertz CT molecular complexity index is 749. The minimum atomic E-state index is -0.854. The van der Waals surface area contributed by atoms with Gasteiger partial charge in [-0.05, 0) is 41.9 Å². The Kier molecular flexibility index (Phi) is 2.16. The molecule has 1 aliphatic rings. The summed E-state index contributed by atoms with van der Waals surface area (Å²) in [6.07, 6.45) is 1.59. The first-order valence-corrected chi connectivity index (χ1v) is 6.15. The van der Waals surface area contributed by atoms with Gasteiger partial charge in [-0.2, -0.15) is 0 Å². The summed E-state index contributed by atoms with van der Waals surface area (Å²) in [5.74, 6) is -0.609. The van der Waals surface area contributed by atoms with E-state index in [1.165, 1.54) is 4.40 Å². The predicted molar refractivity (Wildman–Crippen MR) is 67.6 cm³/mol. The Morgan fingerprint density at radius 2 is 2.06 bits per heavy atom. The lowest BCUT2D eigenvalue weighted by Gasteiger charge is -2.16. The molecule has 2 aromatic heterocycles. The number of hydrogen-bond acceptors (Lipinski definition) is 4. The molecule has 5 nitrogen and oxygen atoms in total. The van der Waals surface area contributed by atoms with Crippen molar-refractivity contribution in [1.82, 2.24) is 9.38 Å². The molecule has 0 spiro atoms. The molecule has 0 N–H and O–H groups in total. The van der Waals surface area contributed by atoms with Gasteiger partial charge in [-0.25, -0.2) is 9.78 Å². The number of nitrogens with zero attached hydrogens (tertiary/aromatic N) is 2. The van der Waals surface area contributed by atoms with Crippen molar-refractivity contribution in [2.24, 2.45) is 0 Å². The first-order valence-electron chi connectivity index (χ1n) is 5.36. The summed E-state index contributed by atoms with van der Waals surface area (Å²) in [5.41, 5.74) is -0.330. The number of pyridine rings is 1. The Morgan fingerprint density at radius 1 is 1.33 bits per heavy atom. The van der Waals surface area contributed by atoms with Gasteiger partial charge in [0.25, 0.3) is 5.56 Å². The lowest BCUT2D eigenvalue weighted by atomic mass is 10.0. The van der Waals surface area contributed by atoms with E-state index >= 15 is 0 Å². The molecule has 0 atom stereocenters. The molecule has 0 saturated heterocycles. The van der Waals surface area contributed by atoms with Crippen LogP contribution in [0.4, 0.5) is 0 Å². The summed E-state index contributed by atoms with van der Waals surface area (Å²) in [7, 11) is 0. The van der Waals surface area contributed by atoms with Gasteiger partial charge in [-0.1, -0.05) is 0 Å². The quantitative estimate of drug-likeness (QED) is 0.697. The Balaban J connectivity index is 2.49.